The van der Waals surface area contributed by atoms with E-state index in [-0.39, 0.29) is 0 Å². The third kappa shape index (κ3) is 3.83. The van der Waals surface area contributed by atoms with Gasteiger partial charge in [0, 0.05) is 25.2 Å². The minimum atomic E-state index is 0.494. The molecule has 1 fully saturated rings. The second-order valence-corrected chi connectivity index (χ2v) is 6.17. The number of benzene rings is 1. The predicted octanol–water partition coefficient (Wildman–Crippen LogP) is 3.85. The predicted molar refractivity (Wildman–Crippen MR) is 86.9 cm³/mol. The molecule has 3 unspecified atom stereocenters. The molecule has 1 aromatic rings. The molecule has 2 rings (SSSR count). The van der Waals surface area contributed by atoms with Crippen LogP contribution in [0.15, 0.2) is 30.3 Å². The van der Waals surface area contributed by atoms with E-state index in [1.807, 2.05) is 0 Å². The van der Waals surface area contributed by atoms with Crippen molar-refractivity contribution in [2.45, 2.75) is 52.1 Å². The van der Waals surface area contributed by atoms with Crippen molar-refractivity contribution in [3.63, 3.8) is 0 Å². The van der Waals surface area contributed by atoms with Crippen LogP contribution in [0.5, 0.6) is 0 Å². The van der Waals surface area contributed by atoms with E-state index in [0.717, 1.165) is 19.0 Å². The molecule has 20 heavy (non-hydrogen) atoms. The molecule has 2 heteroatoms. The van der Waals surface area contributed by atoms with E-state index < -0.39 is 0 Å². The summed E-state index contributed by atoms with van der Waals surface area (Å²) < 4.78 is 0. The molecule has 1 heterocycles. The van der Waals surface area contributed by atoms with Gasteiger partial charge in [0.1, 0.15) is 0 Å². The SMILES string of the molecule is CCCCN1CC(c2ccccc2)NCC1C(C)CC. The van der Waals surface area contributed by atoms with Crippen molar-refractivity contribution in [1.29, 1.82) is 0 Å². The molecule has 0 amide bonds. The van der Waals surface area contributed by atoms with Crippen LogP contribution in [0.25, 0.3) is 0 Å². The van der Waals surface area contributed by atoms with Gasteiger partial charge >= 0.3 is 0 Å². The fraction of sp³-hybridized carbons (Fsp3) is 0.667. The van der Waals surface area contributed by atoms with Crippen molar-refractivity contribution in [3.05, 3.63) is 35.9 Å². The first-order valence-corrected chi connectivity index (χ1v) is 8.28. The highest BCUT2D eigenvalue weighted by molar-refractivity contribution is 5.20. The highest BCUT2D eigenvalue weighted by Gasteiger charge is 2.30. The van der Waals surface area contributed by atoms with Crippen LogP contribution >= 0.6 is 0 Å². The molecule has 2 nitrogen and oxygen atoms in total. The summed E-state index contributed by atoms with van der Waals surface area (Å²) in [6.45, 7) is 10.5. The Balaban J connectivity index is 2.04. The molecule has 1 aliphatic heterocycles. The van der Waals surface area contributed by atoms with Gasteiger partial charge in [0.25, 0.3) is 0 Å². The molecule has 0 spiro atoms. The van der Waals surface area contributed by atoms with Gasteiger partial charge in [0.05, 0.1) is 0 Å². The first-order valence-electron chi connectivity index (χ1n) is 8.28. The number of unbranched alkanes of at least 4 members (excludes halogenated alkanes) is 1. The van der Waals surface area contributed by atoms with Gasteiger partial charge in [-0.1, -0.05) is 63.9 Å². The van der Waals surface area contributed by atoms with Gasteiger partial charge in [0.15, 0.2) is 0 Å². The first kappa shape index (κ1) is 15.5. The molecule has 1 aliphatic rings. The fourth-order valence-corrected chi connectivity index (χ4v) is 3.19. The molecule has 1 N–H and O–H groups in total. The number of hydrogen-bond acceptors (Lipinski definition) is 2. The first-order chi connectivity index (χ1) is 9.76. The van der Waals surface area contributed by atoms with Gasteiger partial charge < -0.3 is 5.32 Å². The molecule has 3 atom stereocenters. The molecular weight excluding hydrogens is 244 g/mol. The normalized spacial score (nSPS) is 25.6. The van der Waals surface area contributed by atoms with Gasteiger partial charge in [-0.05, 0) is 24.4 Å². The minimum Gasteiger partial charge on any atom is -0.307 e. The van der Waals surface area contributed by atoms with Gasteiger partial charge in [0.2, 0.25) is 0 Å². The van der Waals surface area contributed by atoms with Crippen molar-refractivity contribution in [1.82, 2.24) is 10.2 Å². The molecule has 1 aromatic carbocycles. The van der Waals surface area contributed by atoms with Crippen LogP contribution in [0, 0.1) is 5.92 Å². The summed E-state index contributed by atoms with van der Waals surface area (Å²) in [7, 11) is 0. The van der Waals surface area contributed by atoms with Crippen LogP contribution in [-0.4, -0.2) is 30.6 Å². The van der Waals surface area contributed by atoms with E-state index in [9.17, 15) is 0 Å². The fourth-order valence-electron chi connectivity index (χ4n) is 3.19. The Hall–Kier alpha value is -0.860. The summed E-state index contributed by atoms with van der Waals surface area (Å²) >= 11 is 0. The molecule has 0 bridgehead atoms. The molecule has 0 aromatic heterocycles. The van der Waals surface area contributed by atoms with E-state index in [1.165, 1.54) is 31.4 Å². The Kier molecular flexibility index (Phi) is 6.06. The second kappa shape index (κ2) is 7.80. The average molecular weight is 274 g/mol. The summed E-state index contributed by atoms with van der Waals surface area (Å²) in [5.74, 6) is 0.774. The Morgan fingerprint density at radius 2 is 2.00 bits per heavy atom. The molecule has 0 saturated carbocycles. The topological polar surface area (TPSA) is 15.3 Å². The van der Waals surface area contributed by atoms with Gasteiger partial charge in [-0.3, -0.25) is 4.90 Å². The lowest BCUT2D eigenvalue weighted by Gasteiger charge is -2.43. The van der Waals surface area contributed by atoms with Gasteiger partial charge in [-0.25, -0.2) is 0 Å². The molecule has 0 aliphatic carbocycles. The third-order valence-electron chi connectivity index (χ3n) is 4.76. The second-order valence-electron chi connectivity index (χ2n) is 6.17. The lowest BCUT2D eigenvalue weighted by Crippen LogP contribution is -2.55. The molecule has 1 saturated heterocycles. The monoisotopic (exact) mass is 274 g/mol. The van der Waals surface area contributed by atoms with Gasteiger partial charge in [-0.15, -0.1) is 0 Å². The summed E-state index contributed by atoms with van der Waals surface area (Å²) in [6, 6.07) is 12.1. The lowest BCUT2D eigenvalue weighted by molar-refractivity contribution is 0.0899. The maximum Gasteiger partial charge on any atom is 0.0449 e. The van der Waals surface area contributed by atoms with Crippen molar-refractivity contribution in [2.75, 3.05) is 19.6 Å². The highest BCUT2D eigenvalue weighted by atomic mass is 15.2. The zero-order chi connectivity index (χ0) is 14.4. The van der Waals surface area contributed by atoms with Crippen LogP contribution in [0.3, 0.4) is 0 Å². The Morgan fingerprint density at radius 1 is 1.25 bits per heavy atom. The van der Waals surface area contributed by atoms with Gasteiger partial charge in [-0.2, -0.15) is 0 Å². The number of rotatable bonds is 6. The van der Waals surface area contributed by atoms with Crippen molar-refractivity contribution in [3.8, 4) is 0 Å². The number of hydrogen-bond donors (Lipinski definition) is 1. The number of nitrogens with zero attached hydrogens (tertiary/aromatic N) is 1. The van der Waals surface area contributed by atoms with E-state index in [2.05, 4.69) is 61.3 Å². The highest BCUT2D eigenvalue weighted by Crippen LogP contribution is 2.24. The smallest absolute Gasteiger partial charge is 0.0449 e. The number of nitrogens with one attached hydrogen (secondary N) is 1. The van der Waals surface area contributed by atoms with Crippen LogP contribution in [0.2, 0.25) is 0 Å². The standard InChI is InChI=1S/C18H30N2/c1-4-6-12-20-14-17(16-10-8-7-9-11-16)19-13-18(20)15(3)5-2/h7-11,15,17-19H,4-6,12-14H2,1-3H3. The van der Waals surface area contributed by atoms with E-state index in [4.69, 9.17) is 0 Å². The molecule has 0 radical (unpaired) electrons. The zero-order valence-electron chi connectivity index (χ0n) is 13.3. The van der Waals surface area contributed by atoms with Crippen LogP contribution in [0.1, 0.15) is 51.6 Å². The Labute approximate surface area is 124 Å². The summed E-state index contributed by atoms with van der Waals surface area (Å²) in [5.41, 5.74) is 1.43. The largest absolute Gasteiger partial charge is 0.307 e. The zero-order valence-corrected chi connectivity index (χ0v) is 13.3. The minimum absolute atomic E-state index is 0.494. The Morgan fingerprint density at radius 3 is 2.65 bits per heavy atom. The van der Waals surface area contributed by atoms with Crippen molar-refractivity contribution < 1.29 is 0 Å². The van der Waals surface area contributed by atoms with E-state index >= 15 is 0 Å². The number of piperazine rings is 1. The average Bonchev–Trinajstić information content (AvgIpc) is 2.52. The van der Waals surface area contributed by atoms with Crippen LogP contribution in [-0.2, 0) is 0 Å². The quantitative estimate of drug-likeness (QED) is 0.847. The van der Waals surface area contributed by atoms with Crippen LogP contribution < -0.4 is 5.32 Å². The Bertz CT molecular complexity index is 376. The maximum atomic E-state index is 3.77. The summed E-state index contributed by atoms with van der Waals surface area (Å²) in [4.78, 5) is 2.73. The van der Waals surface area contributed by atoms with E-state index in [0.29, 0.717) is 12.1 Å². The summed E-state index contributed by atoms with van der Waals surface area (Å²) in [5, 5.41) is 3.77. The maximum absolute atomic E-state index is 3.77. The lowest BCUT2D eigenvalue weighted by atomic mass is 9.92. The molecular formula is C18H30N2. The molecule has 112 valence electrons. The third-order valence-corrected chi connectivity index (χ3v) is 4.76. The van der Waals surface area contributed by atoms with Crippen molar-refractivity contribution in [2.24, 2.45) is 5.92 Å². The van der Waals surface area contributed by atoms with Crippen LogP contribution in [0.4, 0.5) is 0 Å². The van der Waals surface area contributed by atoms with Crippen molar-refractivity contribution >= 4 is 0 Å². The summed E-state index contributed by atoms with van der Waals surface area (Å²) in [6.07, 6.45) is 3.87. The van der Waals surface area contributed by atoms with E-state index in [1.54, 1.807) is 0 Å².